The summed E-state index contributed by atoms with van der Waals surface area (Å²) in [6.45, 7) is 6.24. The lowest BCUT2D eigenvalue weighted by Gasteiger charge is -2.07. The molecule has 3 heteroatoms. The first-order valence-electron chi connectivity index (χ1n) is 4.75. The highest BCUT2D eigenvalue weighted by atomic mass is 32.1. The van der Waals surface area contributed by atoms with E-state index in [4.69, 9.17) is 4.74 Å². The van der Waals surface area contributed by atoms with E-state index in [1.165, 1.54) is 0 Å². The van der Waals surface area contributed by atoms with Gasteiger partial charge in [0.25, 0.3) is 0 Å². The third-order valence-electron chi connectivity index (χ3n) is 1.71. The first-order chi connectivity index (χ1) is 6.17. The van der Waals surface area contributed by atoms with Crippen molar-refractivity contribution in [2.45, 2.75) is 40.0 Å². The number of thiol groups is 1. The fraction of sp³-hybridized carbons (Fsp3) is 0.700. The van der Waals surface area contributed by atoms with Crippen molar-refractivity contribution in [3.8, 4) is 0 Å². The van der Waals surface area contributed by atoms with Crippen LogP contribution in [-0.2, 0) is 9.53 Å². The lowest BCUT2D eigenvalue weighted by atomic mass is 10.1. The Morgan fingerprint density at radius 3 is 2.31 bits per heavy atom. The first kappa shape index (κ1) is 12.6. The molecule has 0 heterocycles. The summed E-state index contributed by atoms with van der Waals surface area (Å²) in [5, 5.41) is 0. The summed E-state index contributed by atoms with van der Waals surface area (Å²) in [4.78, 5) is 12.2. The zero-order chi connectivity index (χ0) is 10.3. The van der Waals surface area contributed by atoms with Gasteiger partial charge >= 0.3 is 5.97 Å². The van der Waals surface area contributed by atoms with Crippen molar-refractivity contribution in [1.82, 2.24) is 0 Å². The third-order valence-corrected chi connectivity index (χ3v) is 2.20. The molecule has 0 aromatic rings. The van der Waals surface area contributed by atoms with Gasteiger partial charge in [-0.3, -0.25) is 0 Å². The molecule has 0 aromatic carbocycles. The highest BCUT2D eigenvalue weighted by Gasteiger charge is 2.11. The molecule has 0 N–H and O–H groups in total. The summed E-state index contributed by atoms with van der Waals surface area (Å²) >= 11 is 4.30. The zero-order valence-electron chi connectivity index (χ0n) is 8.59. The zero-order valence-corrected chi connectivity index (χ0v) is 9.49. The summed E-state index contributed by atoms with van der Waals surface area (Å²) in [6.07, 6.45) is 2.55. The van der Waals surface area contributed by atoms with Gasteiger partial charge in [0, 0.05) is 5.57 Å². The maximum absolute atomic E-state index is 11.4. The summed E-state index contributed by atoms with van der Waals surface area (Å²) < 4.78 is 4.92. The van der Waals surface area contributed by atoms with Crippen LogP contribution in [0.2, 0.25) is 0 Å². The molecule has 0 radical (unpaired) electrons. The lowest BCUT2D eigenvalue weighted by molar-refractivity contribution is -0.138. The third kappa shape index (κ3) is 4.36. The van der Waals surface area contributed by atoms with E-state index in [1.807, 2.05) is 13.8 Å². The average Bonchev–Trinajstić information content (AvgIpc) is 2.06. The maximum Gasteiger partial charge on any atom is 0.334 e. The molecular formula is C10H18O2S. The van der Waals surface area contributed by atoms with Crippen molar-refractivity contribution in [2.24, 2.45) is 0 Å². The van der Waals surface area contributed by atoms with Gasteiger partial charge in [-0.2, -0.15) is 0 Å². The molecule has 2 nitrogen and oxygen atoms in total. The van der Waals surface area contributed by atoms with Crippen molar-refractivity contribution in [1.29, 1.82) is 0 Å². The number of esters is 1. The lowest BCUT2D eigenvalue weighted by Crippen LogP contribution is -2.08. The molecule has 0 spiro atoms. The summed E-state index contributed by atoms with van der Waals surface area (Å²) in [7, 11) is 0. The van der Waals surface area contributed by atoms with Crippen molar-refractivity contribution in [2.75, 3.05) is 6.61 Å². The van der Waals surface area contributed by atoms with Gasteiger partial charge in [-0.25, -0.2) is 4.79 Å². The molecule has 76 valence electrons. The minimum absolute atomic E-state index is 0.219. The van der Waals surface area contributed by atoms with Crippen LogP contribution in [0.4, 0.5) is 0 Å². The fourth-order valence-electron chi connectivity index (χ4n) is 1.07. The quantitative estimate of drug-likeness (QED) is 0.421. The number of hydrogen-bond donors (Lipinski definition) is 1. The summed E-state index contributed by atoms with van der Waals surface area (Å²) in [5.41, 5.74) is 0.715. The molecule has 0 fully saturated rings. The van der Waals surface area contributed by atoms with E-state index in [1.54, 1.807) is 0 Å². The molecule has 0 rings (SSSR count). The van der Waals surface area contributed by atoms with Crippen LogP contribution < -0.4 is 0 Å². The number of ether oxygens (including phenoxy) is 1. The van der Waals surface area contributed by atoms with E-state index in [-0.39, 0.29) is 5.97 Å². The second-order valence-electron chi connectivity index (χ2n) is 2.75. The molecule has 0 saturated carbocycles. The van der Waals surface area contributed by atoms with Gasteiger partial charge in [0.05, 0.1) is 6.61 Å². The molecule has 0 aliphatic rings. The van der Waals surface area contributed by atoms with Crippen LogP contribution in [0.15, 0.2) is 10.5 Å². The van der Waals surface area contributed by atoms with Gasteiger partial charge in [0.15, 0.2) is 0 Å². The van der Waals surface area contributed by atoms with Crippen LogP contribution in [0.5, 0.6) is 0 Å². The van der Waals surface area contributed by atoms with Crippen molar-refractivity contribution < 1.29 is 9.53 Å². The van der Waals surface area contributed by atoms with E-state index < -0.39 is 0 Å². The Kier molecular flexibility index (Phi) is 6.77. The summed E-state index contributed by atoms with van der Waals surface area (Å²) in [6, 6.07) is 0. The van der Waals surface area contributed by atoms with Crippen LogP contribution >= 0.6 is 12.6 Å². The number of carbonyl (C=O) groups excluding carboxylic acids is 1. The number of carbonyl (C=O) groups is 1. The molecule has 0 atom stereocenters. The van der Waals surface area contributed by atoms with Crippen LogP contribution in [0.3, 0.4) is 0 Å². The molecule has 0 unspecified atom stereocenters. The minimum Gasteiger partial charge on any atom is -0.463 e. The minimum atomic E-state index is -0.219. The van der Waals surface area contributed by atoms with Crippen LogP contribution in [-0.4, -0.2) is 12.6 Å². The second-order valence-corrected chi connectivity index (χ2v) is 3.29. The highest BCUT2D eigenvalue weighted by molar-refractivity contribution is 7.84. The van der Waals surface area contributed by atoms with Crippen molar-refractivity contribution in [3.05, 3.63) is 10.5 Å². The molecule has 0 aliphatic carbocycles. The average molecular weight is 202 g/mol. The molecule has 0 aromatic heterocycles. The van der Waals surface area contributed by atoms with E-state index in [0.29, 0.717) is 18.6 Å². The van der Waals surface area contributed by atoms with Gasteiger partial charge < -0.3 is 4.74 Å². The van der Waals surface area contributed by atoms with Gasteiger partial charge in [0.1, 0.15) is 0 Å². The summed E-state index contributed by atoms with van der Waals surface area (Å²) in [5.74, 6) is -0.219. The van der Waals surface area contributed by atoms with Crippen molar-refractivity contribution >= 4 is 18.6 Å². The molecule has 0 bridgehead atoms. The van der Waals surface area contributed by atoms with E-state index in [9.17, 15) is 4.79 Å². The topological polar surface area (TPSA) is 26.3 Å². The smallest absolute Gasteiger partial charge is 0.334 e. The Bertz CT molecular complexity index is 197. The van der Waals surface area contributed by atoms with Crippen LogP contribution in [0.1, 0.15) is 40.0 Å². The fourth-order valence-corrected chi connectivity index (χ4v) is 1.55. The number of hydrogen-bond acceptors (Lipinski definition) is 3. The molecule has 13 heavy (non-hydrogen) atoms. The monoisotopic (exact) mass is 202 g/mol. The molecule has 0 saturated heterocycles. The largest absolute Gasteiger partial charge is 0.463 e. The van der Waals surface area contributed by atoms with Gasteiger partial charge in [0.2, 0.25) is 0 Å². The predicted octanol–water partition coefficient (Wildman–Crippen LogP) is 2.94. The Hall–Kier alpha value is -0.440. The second kappa shape index (κ2) is 7.01. The molecular weight excluding hydrogens is 184 g/mol. The van der Waals surface area contributed by atoms with E-state index in [2.05, 4.69) is 19.6 Å². The van der Waals surface area contributed by atoms with E-state index >= 15 is 0 Å². The van der Waals surface area contributed by atoms with Gasteiger partial charge in [-0.05, 0) is 24.7 Å². The standard InChI is InChI=1S/C10H18O2S/c1-4-7-9(13)8(5-2)10(11)12-6-3/h13H,4-7H2,1-3H3/b9-8-. The Labute approximate surface area is 85.8 Å². The Morgan fingerprint density at radius 2 is 1.92 bits per heavy atom. The normalized spacial score (nSPS) is 12.3. The highest BCUT2D eigenvalue weighted by Crippen LogP contribution is 2.18. The van der Waals surface area contributed by atoms with Crippen LogP contribution in [0, 0.1) is 0 Å². The maximum atomic E-state index is 11.4. The Balaban J connectivity index is 4.46. The molecule has 0 amide bonds. The Morgan fingerprint density at radius 1 is 1.31 bits per heavy atom. The van der Waals surface area contributed by atoms with Gasteiger partial charge in [-0.1, -0.05) is 20.3 Å². The van der Waals surface area contributed by atoms with Crippen LogP contribution in [0.25, 0.3) is 0 Å². The molecule has 0 aliphatic heterocycles. The van der Waals surface area contributed by atoms with Gasteiger partial charge in [-0.15, -0.1) is 12.6 Å². The number of rotatable bonds is 5. The van der Waals surface area contributed by atoms with E-state index in [0.717, 1.165) is 17.7 Å². The number of allylic oxidation sites excluding steroid dienone is 1. The first-order valence-corrected chi connectivity index (χ1v) is 5.20. The predicted molar refractivity (Wildman–Crippen MR) is 57.8 cm³/mol. The SMILES string of the molecule is CCC/C(S)=C(\CC)C(=O)OCC. The van der Waals surface area contributed by atoms with Crippen molar-refractivity contribution in [3.63, 3.8) is 0 Å².